The molecular formula is C12H23N3O2. The van der Waals surface area contributed by atoms with Gasteiger partial charge in [-0.1, -0.05) is 13.3 Å². The van der Waals surface area contributed by atoms with Crippen molar-refractivity contribution in [1.82, 2.24) is 10.2 Å². The van der Waals surface area contributed by atoms with Crippen LogP contribution < -0.4 is 11.1 Å². The summed E-state index contributed by atoms with van der Waals surface area (Å²) in [5.74, 6) is -0.165. The number of likely N-dealkylation sites (N-methyl/N-ethyl adjacent to an activating group) is 1. The highest BCUT2D eigenvalue weighted by Crippen LogP contribution is 2.18. The molecule has 3 N–H and O–H groups in total. The third-order valence-corrected chi connectivity index (χ3v) is 3.25. The van der Waals surface area contributed by atoms with Crippen LogP contribution >= 0.6 is 0 Å². The minimum absolute atomic E-state index is 0.0817. The summed E-state index contributed by atoms with van der Waals surface area (Å²) < 4.78 is 0. The van der Waals surface area contributed by atoms with Gasteiger partial charge in [0.1, 0.15) is 6.04 Å². The molecule has 1 rings (SSSR count). The van der Waals surface area contributed by atoms with Crippen molar-refractivity contribution in [3.05, 3.63) is 0 Å². The zero-order chi connectivity index (χ0) is 12.8. The molecule has 0 aromatic carbocycles. The van der Waals surface area contributed by atoms with Crippen LogP contribution in [0.15, 0.2) is 0 Å². The predicted octanol–water partition coefficient (Wildman–Crippen LogP) is 0.241. The first-order valence-corrected chi connectivity index (χ1v) is 6.39. The normalized spacial score (nSPS) is 22.1. The molecule has 98 valence electrons. The second kappa shape index (κ2) is 6.59. The van der Waals surface area contributed by atoms with Crippen molar-refractivity contribution >= 4 is 11.8 Å². The lowest BCUT2D eigenvalue weighted by atomic mass is 9.99. The Morgan fingerprint density at radius 2 is 2.18 bits per heavy atom. The van der Waals surface area contributed by atoms with E-state index in [1.165, 1.54) is 0 Å². The van der Waals surface area contributed by atoms with Gasteiger partial charge in [0.2, 0.25) is 11.8 Å². The van der Waals surface area contributed by atoms with Gasteiger partial charge < -0.3 is 16.0 Å². The maximum atomic E-state index is 12.1. The van der Waals surface area contributed by atoms with Crippen LogP contribution in [0.2, 0.25) is 0 Å². The van der Waals surface area contributed by atoms with Crippen LogP contribution in [0.1, 0.15) is 39.0 Å². The van der Waals surface area contributed by atoms with Crippen LogP contribution in [0, 0.1) is 0 Å². The minimum Gasteiger partial charge on any atom is -0.357 e. The zero-order valence-electron chi connectivity index (χ0n) is 10.7. The first-order valence-electron chi connectivity index (χ1n) is 6.39. The Morgan fingerprint density at radius 1 is 1.47 bits per heavy atom. The van der Waals surface area contributed by atoms with Crippen LogP contribution in [-0.2, 0) is 9.59 Å². The lowest BCUT2D eigenvalue weighted by Crippen LogP contribution is -2.55. The number of carbonyl (C=O) groups excluding carboxylic acids is 2. The van der Waals surface area contributed by atoms with Gasteiger partial charge in [-0.3, -0.25) is 9.59 Å². The SMILES string of the molecule is CCC[C@H](N)C(=O)N1CCCCC1C(=O)NC. The van der Waals surface area contributed by atoms with E-state index in [1.54, 1.807) is 11.9 Å². The largest absolute Gasteiger partial charge is 0.357 e. The topological polar surface area (TPSA) is 75.4 Å². The lowest BCUT2D eigenvalue weighted by molar-refractivity contribution is -0.143. The molecule has 2 amide bonds. The fraction of sp³-hybridized carbons (Fsp3) is 0.833. The van der Waals surface area contributed by atoms with E-state index < -0.39 is 6.04 Å². The van der Waals surface area contributed by atoms with Crippen LogP contribution in [0.25, 0.3) is 0 Å². The smallest absolute Gasteiger partial charge is 0.242 e. The molecule has 0 spiro atoms. The number of nitrogens with zero attached hydrogens (tertiary/aromatic N) is 1. The Kier molecular flexibility index (Phi) is 5.41. The van der Waals surface area contributed by atoms with Gasteiger partial charge in [0.15, 0.2) is 0 Å². The number of likely N-dealkylation sites (tertiary alicyclic amines) is 1. The van der Waals surface area contributed by atoms with E-state index in [9.17, 15) is 9.59 Å². The Hall–Kier alpha value is -1.10. The maximum absolute atomic E-state index is 12.1. The van der Waals surface area contributed by atoms with E-state index in [0.717, 1.165) is 25.7 Å². The average molecular weight is 241 g/mol. The molecule has 1 saturated heterocycles. The molecule has 0 saturated carbocycles. The third kappa shape index (κ3) is 3.43. The van der Waals surface area contributed by atoms with Crippen LogP contribution in [0.3, 0.4) is 0 Å². The van der Waals surface area contributed by atoms with E-state index in [2.05, 4.69) is 5.32 Å². The highest BCUT2D eigenvalue weighted by molar-refractivity contribution is 5.89. The molecule has 17 heavy (non-hydrogen) atoms. The highest BCUT2D eigenvalue weighted by Gasteiger charge is 2.33. The molecule has 5 heteroatoms. The third-order valence-electron chi connectivity index (χ3n) is 3.25. The summed E-state index contributed by atoms with van der Waals surface area (Å²) in [5.41, 5.74) is 5.84. The van der Waals surface area contributed by atoms with Crippen molar-refractivity contribution in [1.29, 1.82) is 0 Å². The second-order valence-corrected chi connectivity index (χ2v) is 4.55. The first kappa shape index (κ1) is 14.0. The first-order chi connectivity index (χ1) is 8.11. The maximum Gasteiger partial charge on any atom is 0.242 e. The Balaban J connectivity index is 2.70. The van der Waals surface area contributed by atoms with Gasteiger partial charge in [-0.05, 0) is 25.7 Å². The number of hydrogen-bond donors (Lipinski definition) is 2. The van der Waals surface area contributed by atoms with Crippen molar-refractivity contribution in [3.63, 3.8) is 0 Å². The number of piperidine rings is 1. The van der Waals surface area contributed by atoms with Gasteiger partial charge >= 0.3 is 0 Å². The molecular weight excluding hydrogens is 218 g/mol. The molecule has 5 nitrogen and oxygen atoms in total. The zero-order valence-corrected chi connectivity index (χ0v) is 10.7. The molecule has 1 heterocycles. The Labute approximate surface area is 103 Å². The molecule has 0 aromatic rings. The standard InChI is InChI=1S/C12H23N3O2/c1-3-6-9(13)12(17)15-8-5-4-7-10(15)11(16)14-2/h9-10H,3-8,13H2,1-2H3,(H,14,16)/t9-,10?/m0/s1. The Bertz CT molecular complexity index is 281. The molecule has 1 fully saturated rings. The molecule has 1 aliphatic heterocycles. The summed E-state index contributed by atoms with van der Waals surface area (Å²) in [6.07, 6.45) is 4.24. The van der Waals surface area contributed by atoms with E-state index in [1.807, 2.05) is 6.92 Å². The lowest BCUT2D eigenvalue weighted by Gasteiger charge is -2.35. The van der Waals surface area contributed by atoms with E-state index >= 15 is 0 Å². The van der Waals surface area contributed by atoms with Gasteiger partial charge in [0.25, 0.3) is 0 Å². The number of amides is 2. The van der Waals surface area contributed by atoms with Crippen LogP contribution in [-0.4, -0.2) is 42.4 Å². The average Bonchev–Trinajstić information content (AvgIpc) is 2.37. The van der Waals surface area contributed by atoms with Gasteiger partial charge in [-0.2, -0.15) is 0 Å². The summed E-state index contributed by atoms with van der Waals surface area (Å²) in [4.78, 5) is 25.5. The summed E-state index contributed by atoms with van der Waals surface area (Å²) in [7, 11) is 1.60. The fourth-order valence-electron chi connectivity index (χ4n) is 2.28. The van der Waals surface area contributed by atoms with Crippen molar-refractivity contribution < 1.29 is 9.59 Å². The molecule has 0 aromatic heterocycles. The second-order valence-electron chi connectivity index (χ2n) is 4.55. The molecule has 0 radical (unpaired) electrons. The summed E-state index contributed by atoms with van der Waals surface area (Å²) >= 11 is 0. The molecule has 1 aliphatic rings. The van der Waals surface area contributed by atoms with Gasteiger partial charge in [0, 0.05) is 13.6 Å². The van der Waals surface area contributed by atoms with E-state index in [-0.39, 0.29) is 17.9 Å². The monoisotopic (exact) mass is 241 g/mol. The van der Waals surface area contributed by atoms with Crippen LogP contribution in [0.5, 0.6) is 0 Å². The van der Waals surface area contributed by atoms with Crippen molar-refractivity contribution in [2.75, 3.05) is 13.6 Å². The van der Waals surface area contributed by atoms with Crippen molar-refractivity contribution in [2.24, 2.45) is 5.73 Å². The number of carbonyl (C=O) groups is 2. The van der Waals surface area contributed by atoms with E-state index in [0.29, 0.717) is 13.0 Å². The molecule has 2 atom stereocenters. The fourth-order valence-corrected chi connectivity index (χ4v) is 2.28. The molecule has 0 bridgehead atoms. The van der Waals surface area contributed by atoms with Crippen molar-refractivity contribution in [3.8, 4) is 0 Å². The van der Waals surface area contributed by atoms with E-state index in [4.69, 9.17) is 5.73 Å². The summed E-state index contributed by atoms with van der Waals surface area (Å²) in [6.45, 7) is 2.65. The predicted molar refractivity (Wildman–Crippen MR) is 66.3 cm³/mol. The number of nitrogens with two attached hydrogens (primary N) is 1. The van der Waals surface area contributed by atoms with Gasteiger partial charge in [-0.25, -0.2) is 0 Å². The van der Waals surface area contributed by atoms with Gasteiger partial charge in [0.05, 0.1) is 6.04 Å². The Morgan fingerprint density at radius 3 is 2.76 bits per heavy atom. The number of hydrogen-bond acceptors (Lipinski definition) is 3. The number of rotatable bonds is 4. The minimum atomic E-state index is -0.467. The quantitative estimate of drug-likeness (QED) is 0.740. The van der Waals surface area contributed by atoms with Gasteiger partial charge in [-0.15, -0.1) is 0 Å². The molecule has 1 unspecified atom stereocenters. The summed E-state index contributed by atoms with van der Waals surface area (Å²) in [5, 5.41) is 2.62. The number of nitrogens with one attached hydrogen (secondary N) is 1. The summed E-state index contributed by atoms with van der Waals surface area (Å²) in [6, 6.07) is -0.797. The van der Waals surface area contributed by atoms with Crippen LogP contribution in [0.4, 0.5) is 0 Å². The highest BCUT2D eigenvalue weighted by atomic mass is 16.2. The molecule has 0 aliphatic carbocycles. The van der Waals surface area contributed by atoms with Crippen molar-refractivity contribution in [2.45, 2.75) is 51.1 Å².